The van der Waals surface area contributed by atoms with E-state index in [0.29, 0.717) is 16.9 Å². The summed E-state index contributed by atoms with van der Waals surface area (Å²) in [7, 11) is 1.59. The molecule has 0 radical (unpaired) electrons. The number of rotatable bonds is 3. The zero-order valence-corrected chi connectivity index (χ0v) is 15.6. The van der Waals surface area contributed by atoms with E-state index in [1.165, 1.54) is 0 Å². The van der Waals surface area contributed by atoms with Crippen LogP contribution in [0.25, 0.3) is 0 Å². The first-order chi connectivity index (χ1) is 9.43. The Hall–Kier alpha value is -0.650. The summed E-state index contributed by atoms with van der Waals surface area (Å²) >= 11 is 10.3. The Morgan fingerprint density at radius 2 is 1.70 bits per heavy atom. The van der Waals surface area contributed by atoms with Crippen LogP contribution < -0.4 is 4.74 Å². The predicted molar refractivity (Wildman–Crippen MR) is 90.7 cm³/mol. The molecule has 104 valence electrons. The molecule has 0 aromatic heterocycles. The standard InChI is InChI=1S/C15H11Br3O2/c1-8-5-12(17)10(7-11(8)16)15(19)9-3-4-14(20-2)13(18)6-9/h3-7H,1-2H3. The average Bonchev–Trinajstić information content (AvgIpc) is 2.42. The van der Waals surface area contributed by atoms with Crippen molar-refractivity contribution in [1.29, 1.82) is 0 Å². The topological polar surface area (TPSA) is 26.3 Å². The molecule has 20 heavy (non-hydrogen) atoms. The number of methoxy groups -OCH3 is 1. The van der Waals surface area contributed by atoms with Crippen molar-refractivity contribution in [3.63, 3.8) is 0 Å². The van der Waals surface area contributed by atoms with Gasteiger partial charge in [-0.25, -0.2) is 0 Å². The van der Waals surface area contributed by atoms with Gasteiger partial charge in [0.25, 0.3) is 0 Å². The van der Waals surface area contributed by atoms with Gasteiger partial charge in [0.2, 0.25) is 0 Å². The van der Waals surface area contributed by atoms with E-state index in [4.69, 9.17) is 4.74 Å². The quantitative estimate of drug-likeness (QED) is 0.561. The van der Waals surface area contributed by atoms with Gasteiger partial charge in [0, 0.05) is 20.1 Å². The molecule has 0 saturated heterocycles. The molecule has 0 heterocycles. The fourth-order valence-electron chi connectivity index (χ4n) is 1.78. The van der Waals surface area contributed by atoms with Gasteiger partial charge >= 0.3 is 0 Å². The molecule has 0 aliphatic carbocycles. The van der Waals surface area contributed by atoms with E-state index < -0.39 is 0 Å². The zero-order valence-electron chi connectivity index (χ0n) is 10.8. The molecule has 0 amide bonds. The van der Waals surface area contributed by atoms with Gasteiger partial charge in [-0.1, -0.05) is 31.9 Å². The molecule has 0 bridgehead atoms. The average molecular weight is 463 g/mol. The summed E-state index contributed by atoms with van der Waals surface area (Å²) in [6, 6.07) is 9.05. The summed E-state index contributed by atoms with van der Waals surface area (Å²) in [5, 5.41) is 0. The summed E-state index contributed by atoms with van der Waals surface area (Å²) in [5.74, 6) is 0.659. The number of ether oxygens (including phenoxy) is 1. The molecule has 0 aliphatic heterocycles. The lowest BCUT2D eigenvalue weighted by atomic mass is 10.0. The van der Waals surface area contributed by atoms with Crippen molar-refractivity contribution < 1.29 is 9.53 Å². The highest BCUT2D eigenvalue weighted by Crippen LogP contribution is 2.30. The maximum absolute atomic E-state index is 12.6. The third-order valence-corrected chi connectivity index (χ3v) is 5.04. The van der Waals surface area contributed by atoms with Gasteiger partial charge in [0.05, 0.1) is 11.6 Å². The number of carbonyl (C=O) groups excluding carboxylic acids is 1. The van der Waals surface area contributed by atoms with Crippen LogP contribution in [0.5, 0.6) is 5.75 Å². The van der Waals surface area contributed by atoms with Gasteiger partial charge in [-0.05, 0) is 58.7 Å². The van der Waals surface area contributed by atoms with Crippen LogP contribution in [0.3, 0.4) is 0 Å². The van der Waals surface area contributed by atoms with Gasteiger partial charge in [0.1, 0.15) is 5.75 Å². The van der Waals surface area contributed by atoms with Gasteiger partial charge < -0.3 is 4.74 Å². The third kappa shape index (κ3) is 3.15. The first kappa shape index (κ1) is 15.7. The number of carbonyl (C=O) groups is 1. The maximum atomic E-state index is 12.6. The molecule has 5 heteroatoms. The predicted octanol–water partition coefficient (Wildman–Crippen LogP) is 5.52. The summed E-state index contributed by atoms with van der Waals surface area (Å²) in [6.07, 6.45) is 0. The van der Waals surface area contributed by atoms with Crippen molar-refractivity contribution in [3.8, 4) is 5.75 Å². The van der Waals surface area contributed by atoms with Crippen molar-refractivity contribution >= 4 is 53.6 Å². The molecule has 0 unspecified atom stereocenters. The molecule has 0 spiro atoms. The van der Waals surface area contributed by atoms with E-state index in [1.807, 2.05) is 19.1 Å². The lowest BCUT2D eigenvalue weighted by molar-refractivity contribution is 0.103. The first-order valence-corrected chi connectivity index (χ1v) is 8.16. The summed E-state index contributed by atoms with van der Waals surface area (Å²) in [5.41, 5.74) is 2.30. The van der Waals surface area contributed by atoms with Crippen LogP contribution in [0, 0.1) is 6.92 Å². The number of aryl methyl sites for hydroxylation is 1. The van der Waals surface area contributed by atoms with Crippen LogP contribution in [-0.4, -0.2) is 12.9 Å². The molecule has 0 atom stereocenters. The lowest BCUT2D eigenvalue weighted by Crippen LogP contribution is -2.03. The summed E-state index contributed by atoms with van der Waals surface area (Å²) in [6.45, 7) is 1.98. The van der Waals surface area contributed by atoms with Gasteiger partial charge in [0.15, 0.2) is 5.78 Å². The minimum absolute atomic E-state index is 0.0408. The second kappa shape index (κ2) is 6.41. The van der Waals surface area contributed by atoms with Crippen LogP contribution in [-0.2, 0) is 0 Å². The SMILES string of the molecule is COc1ccc(C(=O)c2cc(Br)c(C)cc2Br)cc1Br. The molecule has 2 nitrogen and oxygen atoms in total. The van der Waals surface area contributed by atoms with Crippen LogP contribution in [0.2, 0.25) is 0 Å². The van der Waals surface area contributed by atoms with Gasteiger partial charge in [-0.3, -0.25) is 4.79 Å². The molecule has 0 saturated carbocycles. The smallest absolute Gasteiger partial charge is 0.194 e. The van der Waals surface area contributed by atoms with E-state index in [1.54, 1.807) is 25.3 Å². The molecule has 0 aliphatic rings. The Morgan fingerprint density at radius 1 is 1.00 bits per heavy atom. The monoisotopic (exact) mass is 460 g/mol. The van der Waals surface area contributed by atoms with Crippen molar-refractivity contribution in [1.82, 2.24) is 0 Å². The minimum Gasteiger partial charge on any atom is -0.496 e. The lowest BCUT2D eigenvalue weighted by Gasteiger charge is -2.09. The fourth-order valence-corrected chi connectivity index (χ4v) is 3.31. The van der Waals surface area contributed by atoms with Gasteiger partial charge in [-0.2, -0.15) is 0 Å². The highest BCUT2D eigenvalue weighted by molar-refractivity contribution is 9.11. The first-order valence-electron chi connectivity index (χ1n) is 5.78. The van der Waals surface area contributed by atoms with E-state index in [0.717, 1.165) is 19.0 Å². The van der Waals surface area contributed by atoms with Crippen LogP contribution in [0.15, 0.2) is 43.7 Å². The van der Waals surface area contributed by atoms with E-state index in [-0.39, 0.29) is 5.78 Å². The molecular weight excluding hydrogens is 452 g/mol. The third-order valence-electron chi connectivity index (χ3n) is 2.91. The zero-order chi connectivity index (χ0) is 14.9. The number of ketones is 1. The highest BCUT2D eigenvalue weighted by Gasteiger charge is 2.15. The molecule has 2 aromatic rings. The minimum atomic E-state index is -0.0408. The van der Waals surface area contributed by atoms with Crippen molar-refractivity contribution in [3.05, 3.63) is 60.4 Å². The van der Waals surface area contributed by atoms with E-state index >= 15 is 0 Å². The molecule has 2 aromatic carbocycles. The van der Waals surface area contributed by atoms with Crippen molar-refractivity contribution in [2.75, 3.05) is 7.11 Å². The summed E-state index contributed by atoms with van der Waals surface area (Å²) < 4.78 is 7.63. The maximum Gasteiger partial charge on any atom is 0.194 e. The molecule has 0 N–H and O–H groups in total. The van der Waals surface area contributed by atoms with Crippen LogP contribution in [0.4, 0.5) is 0 Å². The number of benzene rings is 2. The van der Waals surface area contributed by atoms with E-state index in [2.05, 4.69) is 47.8 Å². The second-order valence-electron chi connectivity index (χ2n) is 4.26. The van der Waals surface area contributed by atoms with Crippen LogP contribution >= 0.6 is 47.8 Å². The number of hydrogen-bond donors (Lipinski definition) is 0. The molecule has 2 rings (SSSR count). The van der Waals surface area contributed by atoms with Crippen molar-refractivity contribution in [2.45, 2.75) is 6.92 Å². The fraction of sp³-hybridized carbons (Fsp3) is 0.133. The number of halogens is 3. The largest absolute Gasteiger partial charge is 0.496 e. The Balaban J connectivity index is 2.46. The Labute approximate surface area is 142 Å². The molecule has 0 fully saturated rings. The Morgan fingerprint density at radius 3 is 2.30 bits per heavy atom. The second-order valence-corrected chi connectivity index (χ2v) is 6.82. The van der Waals surface area contributed by atoms with Crippen LogP contribution in [0.1, 0.15) is 21.5 Å². The van der Waals surface area contributed by atoms with E-state index in [9.17, 15) is 4.79 Å². The number of hydrogen-bond acceptors (Lipinski definition) is 2. The summed E-state index contributed by atoms with van der Waals surface area (Å²) in [4.78, 5) is 12.6. The van der Waals surface area contributed by atoms with Crippen molar-refractivity contribution in [2.24, 2.45) is 0 Å². The van der Waals surface area contributed by atoms with Gasteiger partial charge in [-0.15, -0.1) is 0 Å². The Bertz CT molecular complexity index is 681. The Kier molecular flexibility index (Phi) is 5.04. The highest BCUT2D eigenvalue weighted by atomic mass is 79.9. The molecular formula is C15H11Br3O2. The normalized spacial score (nSPS) is 10.4.